The number of ether oxygens (including phenoxy) is 1. The average molecular weight is 148 g/mol. The van der Waals surface area contributed by atoms with Crippen molar-refractivity contribution in [2.45, 2.75) is 25.7 Å². The lowest BCUT2D eigenvalue weighted by atomic mass is 10.2. The van der Waals surface area contributed by atoms with Gasteiger partial charge in [-0.25, -0.2) is 0 Å². The zero-order valence-electron chi connectivity index (χ0n) is 6.25. The predicted molar refractivity (Wildman–Crippen MR) is 38.6 cm³/mol. The van der Waals surface area contributed by atoms with E-state index >= 15 is 0 Å². The number of aliphatic hydroxyl groups is 2. The van der Waals surface area contributed by atoms with Crippen molar-refractivity contribution in [1.29, 1.82) is 0 Å². The van der Waals surface area contributed by atoms with Crippen LogP contribution in [0.1, 0.15) is 25.7 Å². The normalized spacial score (nSPS) is 10.2. The minimum atomic E-state index is -0.181. The third-order valence-corrected chi connectivity index (χ3v) is 1.29. The van der Waals surface area contributed by atoms with Crippen molar-refractivity contribution in [3.05, 3.63) is 0 Å². The van der Waals surface area contributed by atoms with Gasteiger partial charge in [-0.1, -0.05) is 12.8 Å². The summed E-state index contributed by atoms with van der Waals surface area (Å²) in [6.45, 7) is 0.725. The second kappa shape index (κ2) is 8.88. The van der Waals surface area contributed by atoms with Crippen LogP contribution in [-0.2, 0) is 4.74 Å². The molecule has 0 aliphatic rings. The van der Waals surface area contributed by atoms with E-state index in [4.69, 9.17) is 14.9 Å². The van der Waals surface area contributed by atoms with Crippen molar-refractivity contribution >= 4 is 0 Å². The van der Waals surface area contributed by atoms with Crippen molar-refractivity contribution in [2.75, 3.05) is 20.0 Å². The summed E-state index contributed by atoms with van der Waals surface area (Å²) < 4.78 is 4.71. The second-order valence-corrected chi connectivity index (χ2v) is 2.18. The van der Waals surface area contributed by atoms with E-state index in [-0.39, 0.29) is 13.4 Å². The Bertz CT molecular complexity index is 48.8. The molecule has 0 bridgehead atoms. The Balaban J connectivity index is 2.65. The Morgan fingerprint density at radius 1 is 0.900 bits per heavy atom. The molecule has 3 nitrogen and oxygen atoms in total. The number of aliphatic hydroxyl groups excluding tert-OH is 2. The van der Waals surface area contributed by atoms with Gasteiger partial charge in [0.2, 0.25) is 0 Å². The van der Waals surface area contributed by atoms with Gasteiger partial charge in [-0.05, 0) is 12.8 Å². The molecule has 0 aromatic rings. The third kappa shape index (κ3) is 7.88. The molecule has 0 saturated heterocycles. The number of unbranched alkanes of at least 4 members (excludes halogenated alkanes) is 3. The number of hydrogen-bond donors (Lipinski definition) is 2. The van der Waals surface area contributed by atoms with Crippen LogP contribution in [0.3, 0.4) is 0 Å². The van der Waals surface area contributed by atoms with Gasteiger partial charge >= 0.3 is 0 Å². The van der Waals surface area contributed by atoms with E-state index < -0.39 is 0 Å². The Morgan fingerprint density at radius 3 is 2.20 bits per heavy atom. The van der Waals surface area contributed by atoms with Gasteiger partial charge in [0.15, 0.2) is 0 Å². The summed E-state index contributed by atoms with van der Waals surface area (Å²) in [6.07, 6.45) is 3.96. The molecule has 0 aromatic carbocycles. The first kappa shape index (κ1) is 9.88. The molecule has 0 amide bonds. The lowest BCUT2D eigenvalue weighted by molar-refractivity contribution is -0.00290. The highest BCUT2D eigenvalue weighted by Gasteiger charge is 1.88. The highest BCUT2D eigenvalue weighted by molar-refractivity contribution is 4.40. The first-order chi connectivity index (χ1) is 4.91. The zero-order valence-corrected chi connectivity index (χ0v) is 6.25. The van der Waals surface area contributed by atoms with E-state index in [9.17, 15) is 0 Å². The van der Waals surface area contributed by atoms with Crippen LogP contribution in [0.25, 0.3) is 0 Å². The Kier molecular flexibility index (Phi) is 8.77. The molecule has 0 fully saturated rings. The van der Waals surface area contributed by atoms with Crippen molar-refractivity contribution in [2.24, 2.45) is 0 Å². The van der Waals surface area contributed by atoms with Crippen LogP contribution in [0.2, 0.25) is 0 Å². The molecule has 0 aliphatic heterocycles. The van der Waals surface area contributed by atoms with E-state index in [1.54, 1.807) is 0 Å². The van der Waals surface area contributed by atoms with Crippen LogP contribution in [0.15, 0.2) is 0 Å². The Labute approximate surface area is 61.6 Å². The van der Waals surface area contributed by atoms with Crippen molar-refractivity contribution in [3.8, 4) is 0 Å². The van der Waals surface area contributed by atoms with Gasteiger partial charge in [0.05, 0.1) is 0 Å². The summed E-state index contributed by atoms with van der Waals surface area (Å²) in [5, 5.41) is 16.6. The van der Waals surface area contributed by atoms with E-state index in [0.29, 0.717) is 6.61 Å². The zero-order chi connectivity index (χ0) is 7.66. The molecule has 0 atom stereocenters. The van der Waals surface area contributed by atoms with Crippen LogP contribution in [0.5, 0.6) is 0 Å². The molecule has 0 saturated carbocycles. The molecule has 2 N–H and O–H groups in total. The highest BCUT2D eigenvalue weighted by atomic mass is 16.6. The van der Waals surface area contributed by atoms with E-state index in [2.05, 4.69) is 0 Å². The first-order valence-corrected chi connectivity index (χ1v) is 3.71. The Hall–Kier alpha value is -0.120. The molecule has 0 radical (unpaired) electrons. The highest BCUT2D eigenvalue weighted by Crippen LogP contribution is 1.98. The average Bonchev–Trinajstić information content (AvgIpc) is 1.97. The molecular weight excluding hydrogens is 132 g/mol. The fourth-order valence-electron chi connectivity index (χ4n) is 0.734. The number of rotatable bonds is 7. The SMILES string of the molecule is OCCCCCCOCO. The molecular formula is C7H16O3. The second-order valence-electron chi connectivity index (χ2n) is 2.18. The maximum Gasteiger partial charge on any atom is 0.143 e. The van der Waals surface area contributed by atoms with Crippen LogP contribution < -0.4 is 0 Å². The van der Waals surface area contributed by atoms with E-state index in [1.165, 1.54) is 0 Å². The van der Waals surface area contributed by atoms with Gasteiger partial charge < -0.3 is 14.9 Å². The van der Waals surface area contributed by atoms with E-state index in [0.717, 1.165) is 25.7 Å². The quantitative estimate of drug-likeness (QED) is 0.408. The van der Waals surface area contributed by atoms with Crippen LogP contribution >= 0.6 is 0 Å². The number of hydrogen-bond acceptors (Lipinski definition) is 3. The van der Waals surface area contributed by atoms with Gasteiger partial charge in [-0.3, -0.25) is 0 Å². The molecule has 10 heavy (non-hydrogen) atoms. The first-order valence-electron chi connectivity index (χ1n) is 3.71. The van der Waals surface area contributed by atoms with Gasteiger partial charge in [0, 0.05) is 13.2 Å². The lowest BCUT2D eigenvalue weighted by Crippen LogP contribution is -1.95. The summed E-state index contributed by atoms with van der Waals surface area (Å²) >= 11 is 0. The van der Waals surface area contributed by atoms with Crippen molar-refractivity contribution < 1.29 is 14.9 Å². The van der Waals surface area contributed by atoms with Gasteiger partial charge in [0.1, 0.15) is 6.79 Å². The topological polar surface area (TPSA) is 49.7 Å². The lowest BCUT2D eigenvalue weighted by Gasteiger charge is -1.98. The van der Waals surface area contributed by atoms with Crippen LogP contribution in [0, 0.1) is 0 Å². The maximum absolute atomic E-state index is 8.40. The van der Waals surface area contributed by atoms with Crippen LogP contribution in [-0.4, -0.2) is 30.2 Å². The van der Waals surface area contributed by atoms with Gasteiger partial charge in [0.25, 0.3) is 0 Å². The molecule has 62 valence electrons. The molecule has 0 spiro atoms. The summed E-state index contributed by atoms with van der Waals surface area (Å²) in [5.41, 5.74) is 0. The minimum absolute atomic E-state index is 0.181. The van der Waals surface area contributed by atoms with Crippen molar-refractivity contribution in [1.82, 2.24) is 0 Å². The fourth-order valence-corrected chi connectivity index (χ4v) is 0.734. The molecule has 3 heteroatoms. The fraction of sp³-hybridized carbons (Fsp3) is 1.00. The summed E-state index contributed by atoms with van der Waals surface area (Å²) in [4.78, 5) is 0. The molecule has 0 aromatic heterocycles. The third-order valence-electron chi connectivity index (χ3n) is 1.29. The standard InChI is InChI=1S/C7H16O3/c8-5-3-1-2-4-6-10-7-9/h8-9H,1-7H2. The van der Waals surface area contributed by atoms with Crippen molar-refractivity contribution in [3.63, 3.8) is 0 Å². The molecule has 0 heterocycles. The van der Waals surface area contributed by atoms with Crippen LogP contribution in [0.4, 0.5) is 0 Å². The largest absolute Gasteiger partial charge is 0.396 e. The van der Waals surface area contributed by atoms with Gasteiger partial charge in [-0.2, -0.15) is 0 Å². The van der Waals surface area contributed by atoms with Gasteiger partial charge in [-0.15, -0.1) is 0 Å². The predicted octanol–water partition coefficient (Wildman–Crippen LogP) is 0.506. The summed E-state index contributed by atoms with van der Waals surface area (Å²) in [5.74, 6) is 0. The molecule has 0 unspecified atom stereocenters. The molecule has 0 rings (SSSR count). The minimum Gasteiger partial charge on any atom is -0.396 e. The monoisotopic (exact) mass is 148 g/mol. The van der Waals surface area contributed by atoms with E-state index in [1.807, 2.05) is 0 Å². The summed E-state index contributed by atoms with van der Waals surface area (Å²) in [6, 6.07) is 0. The smallest absolute Gasteiger partial charge is 0.143 e. The molecule has 0 aliphatic carbocycles. The summed E-state index contributed by atoms with van der Waals surface area (Å²) in [7, 11) is 0. The maximum atomic E-state index is 8.40. The Morgan fingerprint density at radius 2 is 1.60 bits per heavy atom.